The van der Waals surface area contributed by atoms with Gasteiger partial charge in [0.15, 0.2) is 0 Å². The average Bonchev–Trinajstić information content (AvgIpc) is 3.05. The number of hydrogen-bond donors (Lipinski definition) is 1. The molecular weight excluding hydrogens is 392 g/mol. The summed E-state index contributed by atoms with van der Waals surface area (Å²) in [7, 11) is 0. The molecule has 1 saturated heterocycles. The fourth-order valence-electron chi connectivity index (χ4n) is 3.34. The third-order valence-electron chi connectivity index (χ3n) is 4.67. The van der Waals surface area contributed by atoms with Crippen LogP contribution in [0.25, 0.3) is 10.8 Å². The molecular formula is C21H17BrN2O2. The summed E-state index contributed by atoms with van der Waals surface area (Å²) in [5.41, 5.74) is 1.60. The second-order valence-electron chi connectivity index (χ2n) is 6.40. The highest BCUT2D eigenvalue weighted by molar-refractivity contribution is 9.10. The Bertz CT molecular complexity index is 979. The zero-order chi connectivity index (χ0) is 18.1. The number of anilines is 2. The number of halogens is 1. The van der Waals surface area contributed by atoms with Gasteiger partial charge >= 0.3 is 0 Å². The molecule has 0 radical (unpaired) electrons. The Kier molecular flexibility index (Phi) is 4.47. The van der Waals surface area contributed by atoms with E-state index in [1.54, 1.807) is 4.90 Å². The van der Waals surface area contributed by atoms with Gasteiger partial charge in [-0.3, -0.25) is 9.59 Å². The summed E-state index contributed by atoms with van der Waals surface area (Å²) >= 11 is 3.38. The van der Waals surface area contributed by atoms with E-state index in [2.05, 4.69) is 21.2 Å². The molecule has 4 nitrogen and oxygen atoms in total. The van der Waals surface area contributed by atoms with E-state index in [1.807, 2.05) is 66.7 Å². The zero-order valence-electron chi connectivity index (χ0n) is 14.0. The van der Waals surface area contributed by atoms with E-state index < -0.39 is 0 Å². The number of nitrogens with zero attached hydrogens (tertiary/aromatic N) is 1. The predicted octanol–water partition coefficient (Wildman–Crippen LogP) is 4.59. The van der Waals surface area contributed by atoms with Gasteiger partial charge in [-0.15, -0.1) is 0 Å². The molecule has 26 heavy (non-hydrogen) atoms. The van der Waals surface area contributed by atoms with Crippen molar-refractivity contribution < 1.29 is 9.59 Å². The number of nitrogens with one attached hydrogen (secondary N) is 1. The highest BCUT2D eigenvalue weighted by atomic mass is 79.9. The molecule has 1 aliphatic rings. The van der Waals surface area contributed by atoms with Gasteiger partial charge in [0.25, 0.3) is 0 Å². The predicted molar refractivity (Wildman–Crippen MR) is 107 cm³/mol. The molecule has 1 heterocycles. The lowest BCUT2D eigenvalue weighted by molar-refractivity contribution is -0.122. The fraction of sp³-hybridized carbons (Fsp3) is 0.143. The Morgan fingerprint density at radius 2 is 1.73 bits per heavy atom. The van der Waals surface area contributed by atoms with E-state index in [9.17, 15) is 9.59 Å². The topological polar surface area (TPSA) is 49.4 Å². The van der Waals surface area contributed by atoms with Crippen LogP contribution in [-0.2, 0) is 9.59 Å². The van der Waals surface area contributed by atoms with Crippen LogP contribution in [0.4, 0.5) is 11.4 Å². The molecule has 1 fully saturated rings. The number of carbonyl (C=O) groups excluding carboxylic acids is 2. The molecule has 1 N–H and O–H groups in total. The van der Waals surface area contributed by atoms with Crippen LogP contribution in [0.15, 0.2) is 71.2 Å². The summed E-state index contributed by atoms with van der Waals surface area (Å²) in [5, 5.41) is 5.01. The van der Waals surface area contributed by atoms with Crippen LogP contribution in [0.1, 0.15) is 6.42 Å². The molecule has 0 aliphatic carbocycles. The molecule has 5 heteroatoms. The van der Waals surface area contributed by atoms with E-state index in [0.717, 1.165) is 26.6 Å². The molecule has 0 spiro atoms. The number of fused-ring (bicyclic) bond motifs is 1. The molecule has 3 aromatic carbocycles. The first-order valence-electron chi connectivity index (χ1n) is 8.46. The van der Waals surface area contributed by atoms with Crippen molar-refractivity contribution in [3.63, 3.8) is 0 Å². The molecule has 0 unspecified atom stereocenters. The van der Waals surface area contributed by atoms with Gasteiger partial charge in [0, 0.05) is 28.5 Å². The maximum absolute atomic E-state index is 12.6. The average molecular weight is 409 g/mol. The van der Waals surface area contributed by atoms with Crippen molar-refractivity contribution in [1.82, 2.24) is 0 Å². The third-order valence-corrected chi connectivity index (χ3v) is 5.19. The molecule has 1 aliphatic heterocycles. The number of hydrogen-bond acceptors (Lipinski definition) is 2. The van der Waals surface area contributed by atoms with E-state index in [1.165, 1.54) is 0 Å². The van der Waals surface area contributed by atoms with E-state index in [4.69, 9.17) is 0 Å². The standard InChI is InChI=1S/C21H17BrN2O2/c22-16-8-10-17(11-9-16)23-21(26)15-12-20(25)24(13-15)19-7-3-5-14-4-1-2-6-18(14)19/h1-11,15H,12-13H2,(H,23,26)/t15-/m1/s1. The van der Waals surface area contributed by atoms with Gasteiger partial charge < -0.3 is 10.2 Å². The normalized spacial score (nSPS) is 16.9. The number of rotatable bonds is 3. The van der Waals surface area contributed by atoms with Crippen molar-refractivity contribution in [2.75, 3.05) is 16.8 Å². The van der Waals surface area contributed by atoms with Crippen molar-refractivity contribution in [2.24, 2.45) is 5.92 Å². The van der Waals surface area contributed by atoms with Crippen LogP contribution < -0.4 is 10.2 Å². The number of benzene rings is 3. The van der Waals surface area contributed by atoms with Gasteiger partial charge in [0.1, 0.15) is 0 Å². The first kappa shape index (κ1) is 16.8. The van der Waals surface area contributed by atoms with Gasteiger partial charge in [0.2, 0.25) is 11.8 Å². The Balaban J connectivity index is 1.55. The lowest BCUT2D eigenvalue weighted by Gasteiger charge is -2.19. The van der Waals surface area contributed by atoms with Crippen molar-refractivity contribution in [1.29, 1.82) is 0 Å². The SMILES string of the molecule is O=C(Nc1ccc(Br)cc1)[C@@H]1CC(=O)N(c2cccc3ccccc23)C1. The Morgan fingerprint density at radius 3 is 2.54 bits per heavy atom. The second kappa shape index (κ2) is 6.92. The van der Waals surface area contributed by atoms with Gasteiger partial charge in [0.05, 0.1) is 11.6 Å². The third kappa shape index (κ3) is 3.22. The lowest BCUT2D eigenvalue weighted by Crippen LogP contribution is -2.28. The largest absolute Gasteiger partial charge is 0.326 e. The minimum Gasteiger partial charge on any atom is -0.326 e. The highest BCUT2D eigenvalue weighted by Crippen LogP contribution is 2.32. The Hall–Kier alpha value is -2.66. The molecule has 2 amide bonds. The molecule has 1 atom stereocenters. The quantitative estimate of drug-likeness (QED) is 0.688. The molecule has 3 aromatic rings. The Labute approximate surface area is 159 Å². The number of carbonyl (C=O) groups is 2. The number of amides is 2. The van der Waals surface area contributed by atoms with Crippen LogP contribution in [0.2, 0.25) is 0 Å². The Morgan fingerprint density at radius 1 is 1.00 bits per heavy atom. The van der Waals surface area contributed by atoms with Gasteiger partial charge in [-0.2, -0.15) is 0 Å². The van der Waals surface area contributed by atoms with Crippen molar-refractivity contribution in [3.05, 3.63) is 71.2 Å². The van der Waals surface area contributed by atoms with E-state index in [-0.39, 0.29) is 24.2 Å². The van der Waals surface area contributed by atoms with Crippen molar-refractivity contribution >= 4 is 49.9 Å². The minimum absolute atomic E-state index is 0.0164. The summed E-state index contributed by atoms with van der Waals surface area (Å²) < 4.78 is 0.952. The van der Waals surface area contributed by atoms with Crippen LogP contribution in [0, 0.1) is 5.92 Å². The van der Waals surface area contributed by atoms with E-state index in [0.29, 0.717) is 6.54 Å². The first-order chi connectivity index (χ1) is 12.6. The van der Waals surface area contributed by atoms with Crippen molar-refractivity contribution in [2.45, 2.75) is 6.42 Å². The molecule has 4 rings (SSSR count). The van der Waals surface area contributed by atoms with E-state index >= 15 is 0 Å². The lowest BCUT2D eigenvalue weighted by atomic mass is 10.1. The van der Waals surface area contributed by atoms with Crippen molar-refractivity contribution in [3.8, 4) is 0 Å². The molecule has 0 aromatic heterocycles. The summed E-state index contributed by atoms with van der Waals surface area (Å²) in [6.07, 6.45) is 0.228. The summed E-state index contributed by atoms with van der Waals surface area (Å²) in [6, 6.07) is 21.3. The second-order valence-corrected chi connectivity index (χ2v) is 7.32. The molecule has 0 saturated carbocycles. The fourth-order valence-corrected chi connectivity index (χ4v) is 3.60. The van der Waals surface area contributed by atoms with Gasteiger partial charge in [-0.05, 0) is 35.7 Å². The summed E-state index contributed by atoms with van der Waals surface area (Å²) in [4.78, 5) is 26.9. The highest BCUT2D eigenvalue weighted by Gasteiger charge is 2.35. The first-order valence-corrected chi connectivity index (χ1v) is 9.26. The van der Waals surface area contributed by atoms with Crippen LogP contribution >= 0.6 is 15.9 Å². The maximum atomic E-state index is 12.6. The smallest absolute Gasteiger partial charge is 0.229 e. The van der Waals surface area contributed by atoms with Gasteiger partial charge in [-0.1, -0.05) is 52.3 Å². The van der Waals surface area contributed by atoms with Crippen LogP contribution in [0.3, 0.4) is 0 Å². The molecule has 130 valence electrons. The maximum Gasteiger partial charge on any atom is 0.229 e. The van der Waals surface area contributed by atoms with Crippen LogP contribution in [0.5, 0.6) is 0 Å². The monoisotopic (exact) mass is 408 g/mol. The zero-order valence-corrected chi connectivity index (χ0v) is 15.6. The summed E-state index contributed by atoms with van der Waals surface area (Å²) in [5.74, 6) is -0.495. The van der Waals surface area contributed by atoms with Crippen LogP contribution in [-0.4, -0.2) is 18.4 Å². The summed E-state index contributed by atoms with van der Waals surface area (Å²) in [6.45, 7) is 0.398. The van der Waals surface area contributed by atoms with Gasteiger partial charge in [-0.25, -0.2) is 0 Å². The molecule has 0 bridgehead atoms. The minimum atomic E-state index is -0.356.